The van der Waals surface area contributed by atoms with Crippen LogP contribution in [-0.4, -0.2) is 20.6 Å². The molecular weight excluding hydrogens is 281 g/mol. The van der Waals surface area contributed by atoms with Crippen LogP contribution in [0.1, 0.15) is 22.9 Å². The summed E-state index contributed by atoms with van der Waals surface area (Å²) in [5, 5.41) is 13.7. The van der Waals surface area contributed by atoms with Crippen LogP contribution in [0.2, 0.25) is 0 Å². The Morgan fingerprint density at radius 1 is 1.36 bits per heavy atom. The van der Waals surface area contributed by atoms with Crippen molar-refractivity contribution in [2.24, 2.45) is 0 Å². The van der Waals surface area contributed by atoms with Gasteiger partial charge in [0.1, 0.15) is 5.82 Å². The van der Waals surface area contributed by atoms with Gasteiger partial charge < -0.3 is 14.8 Å². The van der Waals surface area contributed by atoms with Crippen LogP contribution in [-0.2, 0) is 6.42 Å². The van der Waals surface area contributed by atoms with E-state index in [1.165, 1.54) is 12.1 Å². The molecule has 3 aromatic rings. The number of imidazole rings is 1. The van der Waals surface area contributed by atoms with Gasteiger partial charge in [-0.1, -0.05) is 6.07 Å². The Balaban J connectivity index is 1.74. The number of aliphatic hydroxyl groups excluding tert-OH is 1. The van der Waals surface area contributed by atoms with Gasteiger partial charge in [-0.15, -0.1) is 0 Å². The minimum Gasteiger partial charge on any atom is -0.390 e. The molecule has 2 unspecified atom stereocenters. The fraction of sp³-hybridized carbons (Fsp3) is 0.235. The lowest BCUT2D eigenvalue weighted by molar-refractivity contribution is 0.166. The lowest BCUT2D eigenvalue weighted by Gasteiger charge is -2.19. The first-order valence-corrected chi connectivity index (χ1v) is 7.29. The minimum absolute atomic E-state index is 0.251. The molecule has 4 rings (SSSR count). The van der Waals surface area contributed by atoms with Gasteiger partial charge in [0, 0.05) is 18.8 Å². The molecule has 2 atom stereocenters. The summed E-state index contributed by atoms with van der Waals surface area (Å²) in [5.41, 5.74) is 4.42. The Morgan fingerprint density at radius 3 is 3.09 bits per heavy atom. The van der Waals surface area contributed by atoms with E-state index in [-0.39, 0.29) is 11.9 Å². The van der Waals surface area contributed by atoms with Crippen LogP contribution < -0.4 is 5.32 Å². The van der Waals surface area contributed by atoms with E-state index in [1.807, 2.05) is 35.9 Å². The van der Waals surface area contributed by atoms with Gasteiger partial charge in [-0.25, -0.2) is 9.37 Å². The maximum absolute atomic E-state index is 13.3. The monoisotopic (exact) mass is 297 g/mol. The molecule has 0 aliphatic heterocycles. The third-order valence-corrected chi connectivity index (χ3v) is 4.17. The van der Waals surface area contributed by atoms with Gasteiger partial charge in [-0.3, -0.25) is 0 Å². The van der Waals surface area contributed by atoms with Crippen molar-refractivity contribution in [2.45, 2.75) is 25.5 Å². The average molecular weight is 297 g/mol. The number of rotatable bonds is 2. The van der Waals surface area contributed by atoms with Crippen LogP contribution in [0.15, 0.2) is 42.7 Å². The number of halogens is 1. The molecule has 1 aromatic carbocycles. The molecule has 0 saturated heterocycles. The number of aryl methyl sites for hydroxylation is 1. The number of nitrogens with one attached hydrogen (secondary N) is 1. The van der Waals surface area contributed by atoms with Crippen LogP contribution in [0.5, 0.6) is 0 Å². The summed E-state index contributed by atoms with van der Waals surface area (Å²) in [6, 6.07) is 8.31. The second-order valence-corrected chi connectivity index (χ2v) is 5.77. The predicted molar refractivity (Wildman–Crippen MR) is 82.4 cm³/mol. The highest BCUT2D eigenvalue weighted by molar-refractivity contribution is 5.69. The number of benzene rings is 1. The molecule has 2 N–H and O–H groups in total. The van der Waals surface area contributed by atoms with Crippen molar-refractivity contribution in [3.63, 3.8) is 0 Å². The molecule has 0 saturated carbocycles. The summed E-state index contributed by atoms with van der Waals surface area (Å²) in [6.07, 6.45) is 3.78. The molecule has 0 bridgehead atoms. The van der Waals surface area contributed by atoms with Gasteiger partial charge in [-0.05, 0) is 42.3 Å². The lowest BCUT2D eigenvalue weighted by Crippen LogP contribution is -2.21. The normalized spacial score (nSPS) is 20.3. The third kappa shape index (κ3) is 2.05. The highest BCUT2D eigenvalue weighted by Gasteiger charge is 2.31. The van der Waals surface area contributed by atoms with Gasteiger partial charge in [0.05, 0.1) is 23.5 Å². The zero-order chi connectivity index (χ0) is 15.3. The number of anilines is 1. The van der Waals surface area contributed by atoms with Crippen LogP contribution in [0.3, 0.4) is 0 Å². The first kappa shape index (κ1) is 13.3. The van der Waals surface area contributed by atoms with E-state index >= 15 is 0 Å². The van der Waals surface area contributed by atoms with E-state index in [0.717, 1.165) is 28.2 Å². The van der Waals surface area contributed by atoms with Gasteiger partial charge in [0.25, 0.3) is 0 Å². The summed E-state index contributed by atoms with van der Waals surface area (Å²) in [4.78, 5) is 4.51. The fourth-order valence-corrected chi connectivity index (χ4v) is 3.19. The highest BCUT2D eigenvalue weighted by Crippen LogP contribution is 2.35. The van der Waals surface area contributed by atoms with Crippen LogP contribution >= 0.6 is 0 Å². The van der Waals surface area contributed by atoms with Gasteiger partial charge >= 0.3 is 0 Å². The van der Waals surface area contributed by atoms with Crippen molar-refractivity contribution in [3.8, 4) is 0 Å². The van der Waals surface area contributed by atoms with E-state index in [0.29, 0.717) is 6.42 Å². The second-order valence-electron chi connectivity index (χ2n) is 5.77. The maximum Gasteiger partial charge on any atom is 0.160 e. The van der Waals surface area contributed by atoms with Gasteiger partial charge in [-0.2, -0.15) is 0 Å². The number of aromatic nitrogens is 2. The quantitative estimate of drug-likeness (QED) is 0.764. The number of aliphatic hydroxyl groups is 1. The molecule has 1 aliphatic carbocycles. The van der Waals surface area contributed by atoms with Crippen LogP contribution in [0, 0.1) is 12.7 Å². The van der Waals surface area contributed by atoms with E-state index in [2.05, 4.69) is 10.3 Å². The lowest BCUT2D eigenvalue weighted by atomic mass is 10.1. The molecule has 0 spiro atoms. The van der Waals surface area contributed by atoms with Crippen molar-refractivity contribution in [1.29, 1.82) is 0 Å². The van der Waals surface area contributed by atoms with E-state index < -0.39 is 6.10 Å². The van der Waals surface area contributed by atoms with Crippen molar-refractivity contribution in [1.82, 2.24) is 9.38 Å². The van der Waals surface area contributed by atoms with Crippen LogP contribution in [0.25, 0.3) is 5.65 Å². The van der Waals surface area contributed by atoms with E-state index in [1.54, 1.807) is 6.07 Å². The summed E-state index contributed by atoms with van der Waals surface area (Å²) < 4.78 is 15.3. The largest absolute Gasteiger partial charge is 0.390 e. The predicted octanol–water partition coefficient (Wildman–Crippen LogP) is 2.85. The highest BCUT2D eigenvalue weighted by atomic mass is 19.1. The Hall–Kier alpha value is -2.40. The fourth-order valence-electron chi connectivity index (χ4n) is 3.19. The number of pyridine rings is 1. The Morgan fingerprint density at radius 2 is 2.23 bits per heavy atom. The van der Waals surface area contributed by atoms with Gasteiger partial charge in [0.2, 0.25) is 0 Å². The molecular formula is C17H16FN3O. The SMILES string of the molecule is Cc1cn2cccc(NC3c4ccc(F)cc4CC3O)c2n1. The van der Waals surface area contributed by atoms with Crippen molar-refractivity contribution < 1.29 is 9.50 Å². The van der Waals surface area contributed by atoms with E-state index in [9.17, 15) is 9.50 Å². The molecule has 0 fully saturated rings. The number of nitrogens with zero attached hydrogens (tertiary/aromatic N) is 2. The zero-order valence-corrected chi connectivity index (χ0v) is 12.1. The van der Waals surface area contributed by atoms with Gasteiger partial charge in [0.15, 0.2) is 5.65 Å². The summed E-state index contributed by atoms with van der Waals surface area (Å²) in [5.74, 6) is -0.266. The molecule has 2 aromatic heterocycles. The molecule has 5 heteroatoms. The van der Waals surface area contributed by atoms with E-state index in [4.69, 9.17) is 0 Å². The maximum atomic E-state index is 13.3. The average Bonchev–Trinajstić information content (AvgIpc) is 2.99. The first-order valence-electron chi connectivity index (χ1n) is 7.29. The van der Waals surface area contributed by atoms with Crippen molar-refractivity contribution in [3.05, 3.63) is 65.4 Å². The topological polar surface area (TPSA) is 49.6 Å². The number of fused-ring (bicyclic) bond motifs is 2. The van der Waals surface area contributed by atoms with Crippen LogP contribution in [0.4, 0.5) is 10.1 Å². The smallest absolute Gasteiger partial charge is 0.160 e. The first-order chi connectivity index (χ1) is 10.6. The zero-order valence-electron chi connectivity index (χ0n) is 12.1. The molecule has 1 aliphatic rings. The Labute approximate surface area is 127 Å². The third-order valence-electron chi connectivity index (χ3n) is 4.17. The molecule has 4 nitrogen and oxygen atoms in total. The van der Waals surface area contributed by atoms with Crippen molar-refractivity contribution >= 4 is 11.3 Å². The summed E-state index contributed by atoms with van der Waals surface area (Å²) in [6.45, 7) is 1.94. The molecule has 0 amide bonds. The Bertz CT molecular complexity index is 858. The molecule has 22 heavy (non-hydrogen) atoms. The summed E-state index contributed by atoms with van der Waals surface area (Å²) >= 11 is 0. The standard InChI is InChI=1S/C17H16FN3O/c1-10-9-21-6-2-3-14(17(21)19-10)20-16-13-5-4-12(18)7-11(13)8-15(16)22/h2-7,9,15-16,20,22H,8H2,1H3. The number of hydrogen-bond acceptors (Lipinski definition) is 3. The summed E-state index contributed by atoms with van der Waals surface area (Å²) in [7, 11) is 0. The Kier molecular flexibility index (Phi) is 2.90. The molecule has 0 radical (unpaired) electrons. The van der Waals surface area contributed by atoms with Crippen molar-refractivity contribution in [2.75, 3.05) is 5.32 Å². The molecule has 112 valence electrons. The molecule has 2 heterocycles. The minimum atomic E-state index is -0.576. The second kappa shape index (κ2) is 4.81. The number of hydrogen-bond donors (Lipinski definition) is 2.